The molecule has 0 bridgehead atoms. The number of aromatic nitrogens is 2. The predicted octanol–water partition coefficient (Wildman–Crippen LogP) is 5.33. The van der Waals surface area contributed by atoms with Crippen LogP contribution in [0.25, 0.3) is 5.69 Å². The van der Waals surface area contributed by atoms with Crippen LogP contribution in [0.4, 0.5) is 10.1 Å². The molecule has 0 radical (unpaired) electrons. The Labute approximate surface area is 249 Å². The number of anilines is 1. The van der Waals surface area contributed by atoms with Crippen molar-refractivity contribution in [2.24, 2.45) is 7.05 Å². The van der Waals surface area contributed by atoms with Gasteiger partial charge < -0.3 is 15.0 Å². The third kappa shape index (κ3) is 6.17. The fourth-order valence-electron chi connectivity index (χ4n) is 4.72. The molecule has 212 valence electrons. The van der Waals surface area contributed by atoms with Crippen molar-refractivity contribution in [2.75, 3.05) is 30.8 Å². The average Bonchev–Trinajstić information content (AvgIpc) is 3.20. The first-order chi connectivity index (χ1) is 19.7. The summed E-state index contributed by atoms with van der Waals surface area (Å²) in [6, 6.07) is 21.0. The minimum atomic E-state index is -0.385. The second-order valence-electron chi connectivity index (χ2n) is 9.55. The quantitative estimate of drug-likeness (QED) is 0.277. The third-order valence-electron chi connectivity index (χ3n) is 6.96. The molecule has 2 heterocycles. The Morgan fingerprint density at radius 3 is 2.59 bits per heavy atom. The van der Waals surface area contributed by atoms with Gasteiger partial charge >= 0.3 is 0 Å². The summed E-state index contributed by atoms with van der Waals surface area (Å²) in [7, 11) is 1.76. The zero-order valence-electron chi connectivity index (χ0n) is 22.5. The summed E-state index contributed by atoms with van der Waals surface area (Å²) in [5.74, 6) is -0.875. The third-order valence-corrected chi connectivity index (χ3v) is 8.65. The number of thioether (sulfide) groups is 1. The molecule has 0 saturated carbocycles. The van der Waals surface area contributed by atoms with E-state index >= 15 is 0 Å². The van der Waals surface area contributed by atoms with E-state index in [2.05, 4.69) is 21.2 Å². The number of carbonyl (C=O) groups is 2. The van der Waals surface area contributed by atoms with Crippen LogP contribution in [0.3, 0.4) is 0 Å². The molecule has 2 amide bonds. The molecule has 1 N–H and O–H groups in total. The Morgan fingerprint density at radius 1 is 1.10 bits per heavy atom. The number of carbonyl (C=O) groups excluding carboxylic acids is 2. The van der Waals surface area contributed by atoms with E-state index < -0.39 is 0 Å². The van der Waals surface area contributed by atoms with Gasteiger partial charge in [-0.1, -0.05) is 36.4 Å². The van der Waals surface area contributed by atoms with Crippen LogP contribution in [0, 0.1) is 12.7 Å². The van der Waals surface area contributed by atoms with Crippen molar-refractivity contribution in [1.82, 2.24) is 14.3 Å². The van der Waals surface area contributed by atoms with Crippen molar-refractivity contribution in [3.05, 3.63) is 110 Å². The number of hydrogen-bond donors (Lipinski definition) is 1. The molecule has 1 unspecified atom stereocenters. The molecular weight excluding hydrogens is 611 g/mol. The second kappa shape index (κ2) is 12.5. The molecule has 3 aromatic carbocycles. The smallest absolute Gasteiger partial charge is 0.295 e. The second-order valence-corrected chi connectivity index (χ2v) is 11.4. The number of morpholine rings is 1. The Kier molecular flexibility index (Phi) is 8.77. The van der Waals surface area contributed by atoms with Crippen molar-refractivity contribution in [1.29, 1.82) is 0 Å². The molecule has 4 aromatic rings. The number of nitrogens with zero attached hydrogens (tertiary/aromatic N) is 3. The number of hydrogen-bond acceptors (Lipinski definition) is 5. The predicted molar refractivity (Wildman–Crippen MR) is 160 cm³/mol. The van der Waals surface area contributed by atoms with Crippen LogP contribution >= 0.6 is 27.7 Å². The number of nitrogens with one attached hydrogen (secondary N) is 1. The molecule has 1 atom stereocenters. The van der Waals surface area contributed by atoms with Gasteiger partial charge in [0, 0.05) is 18.5 Å². The Hall–Kier alpha value is -3.67. The molecule has 1 aliphatic heterocycles. The zero-order chi connectivity index (χ0) is 29.1. The number of para-hydroxylation sites is 1. The normalized spacial score (nSPS) is 15.1. The summed E-state index contributed by atoms with van der Waals surface area (Å²) < 4.78 is 23.1. The summed E-state index contributed by atoms with van der Waals surface area (Å²) in [6.45, 7) is 2.85. The molecule has 8 nitrogen and oxygen atoms in total. The summed E-state index contributed by atoms with van der Waals surface area (Å²) in [5, 5.41) is 2.77. The minimum Gasteiger partial charge on any atom is -0.370 e. The van der Waals surface area contributed by atoms with Crippen molar-refractivity contribution >= 4 is 45.2 Å². The van der Waals surface area contributed by atoms with Crippen molar-refractivity contribution in [3.63, 3.8) is 0 Å². The first-order valence-electron chi connectivity index (χ1n) is 13.0. The molecule has 0 aliphatic carbocycles. The fraction of sp³-hybridized carbons (Fsp3) is 0.233. The van der Waals surface area contributed by atoms with E-state index in [-0.39, 0.29) is 40.7 Å². The molecule has 1 saturated heterocycles. The lowest BCUT2D eigenvalue weighted by Gasteiger charge is -2.33. The number of halogens is 2. The highest BCUT2D eigenvalue weighted by Gasteiger charge is 2.28. The number of rotatable bonds is 7. The molecule has 1 fully saturated rings. The van der Waals surface area contributed by atoms with E-state index in [1.807, 2.05) is 36.4 Å². The average molecular weight is 640 g/mol. The fourth-order valence-corrected chi connectivity index (χ4v) is 5.96. The van der Waals surface area contributed by atoms with E-state index in [9.17, 15) is 18.8 Å². The molecule has 5 rings (SSSR count). The topological polar surface area (TPSA) is 85.6 Å². The van der Waals surface area contributed by atoms with Crippen molar-refractivity contribution < 1.29 is 18.7 Å². The highest BCUT2D eigenvalue weighted by Crippen LogP contribution is 2.29. The van der Waals surface area contributed by atoms with Gasteiger partial charge in [0.1, 0.15) is 17.6 Å². The maximum absolute atomic E-state index is 13.7. The molecule has 41 heavy (non-hydrogen) atoms. The largest absolute Gasteiger partial charge is 0.370 e. The standard InChI is InChI=1S/C30H28BrFN4O4S/c1-19-28(30(39)36(34(19)2)21-8-4-3-5-9-21)33-27(37)18-41-26-11-7-6-10-22(26)29(38)35-14-15-40-25(17-35)20-12-13-24(32)23(31)16-20/h3-13,16,25H,14-15,17-18H2,1-2H3,(H,33,37). The van der Waals surface area contributed by atoms with Crippen LogP contribution in [0.15, 0.2) is 87.0 Å². The monoisotopic (exact) mass is 638 g/mol. The molecule has 1 aromatic heterocycles. The zero-order valence-corrected chi connectivity index (χ0v) is 24.9. The summed E-state index contributed by atoms with van der Waals surface area (Å²) in [6.07, 6.45) is -0.385. The number of benzene rings is 3. The summed E-state index contributed by atoms with van der Waals surface area (Å²) in [5.41, 5.74) is 2.48. The molecule has 1 aliphatic rings. The number of ether oxygens (including phenoxy) is 1. The van der Waals surface area contributed by atoms with Gasteiger partial charge in [-0.15, -0.1) is 11.8 Å². The van der Waals surface area contributed by atoms with Crippen LogP contribution in [-0.2, 0) is 16.6 Å². The van der Waals surface area contributed by atoms with Crippen molar-refractivity contribution in [3.8, 4) is 5.69 Å². The van der Waals surface area contributed by atoms with Crippen molar-refractivity contribution in [2.45, 2.75) is 17.9 Å². The molecule has 11 heteroatoms. The summed E-state index contributed by atoms with van der Waals surface area (Å²) in [4.78, 5) is 42.0. The Bertz CT molecular complexity index is 1660. The highest BCUT2D eigenvalue weighted by molar-refractivity contribution is 9.10. The van der Waals surface area contributed by atoms with Gasteiger partial charge in [0.05, 0.1) is 40.3 Å². The highest BCUT2D eigenvalue weighted by atomic mass is 79.9. The molecule has 0 spiro atoms. The van der Waals surface area contributed by atoms with Crippen LogP contribution < -0.4 is 10.9 Å². The Morgan fingerprint density at radius 2 is 1.83 bits per heavy atom. The van der Waals surface area contributed by atoms with Gasteiger partial charge in [0.2, 0.25) is 5.91 Å². The SMILES string of the molecule is Cc1c(NC(=O)CSc2ccccc2C(=O)N2CCOC(c3ccc(F)c(Br)c3)C2)c(=O)n(-c2ccccc2)n1C. The van der Waals surface area contributed by atoms with Crippen LogP contribution in [0.2, 0.25) is 0 Å². The van der Waals surface area contributed by atoms with Crippen LogP contribution in [-0.4, -0.2) is 51.5 Å². The lowest BCUT2D eigenvalue weighted by atomic mass is 10.1. The van der Waals surface area contributed by atoms with E-state index in [4.69, 9.17) is 4.74 Å². The minimum absolute atomic E-state index is 0.0126. The van der Waals surface area contributed by atoms with Gasteiger partial charge in [-0.25, -0.2) is 9.07 Å². The van der Waals surface area contributed by atoms with E-state index in [0.29, 0.717) is 46.0 Å². The van der Waals surface area contributed by atoms with Crippen LogP contribution in [0.1, 0.15) is 27.7 Å². The van der Waals surface area contributed by atoms with Gasteiger partial charge in [0.15, 0.2) is 0 Å². The molecular formula is C30H28BrFN4O4S. The van der Waals surface area contributed by atoms with Gasteiger partial charge in [-0.2, -0.15) is 0 Å². The maximum atomic E-state index is 13.7. The maximum Gasteiger partial charge on any atom is 0.295 e. The Balaban J connectivity index is 1.27. The van der Waals surface area contributed by atoms with E-state index in [1.54, 1.807) is 53.9 Å². The van der Waals surface area contributed by atoms with E-state index in [1.165, 1.54) is 22.5 Å². The van der Waals surface area contributed by atoms with Gasteiger partial charge in [-0.05, 0) is 64.8 Å². The lowest BCUT2D eigenvalue weighted by molar-refractivity contribution is -0.113. The lowest BCUT2D eigenvalue weighted by Crippen LogP contribution is -2.42. The van der Waals surface area contributed by atoms with Crippen LogP contribution in [0.5, 0.6) is 0 Å². The van der Waals surface area contributed by atoms with Gasteiger partial charge in [-0.3, -0.25) is 19.1 Å². The summed E-state index contributed by atoms with van der Waals surface area (Å²) >= 11 is 4.44. The first-order valence-corrected chi connectivity index (χ1v) is 14.7. The first kappa shape index (κ1) is 28.8. The van der Waals surface area contributed by atoms with E-state index in [0.717, 1.165) is 5.56 Å². The van der Waals surface area contributed by atoms with Gasteiger partial charge in [0.25, 0.3) is 11.5 Å². The number of amides is 2.